The lowest BCUT2D eigenvalue weighted by Crippen LogP contribution is -2.24. The minimum atomic E-state index is -0.976. The Kier molecular flexibility index (Phi) is 4.11. The van der Waals surface area contributed by atoms with Gasteiger partial charge in [-0.3, -0.25) is 0 Å². The smallest absolute Gasteiger partial charge is 0.354 e. The van der Waals surface area contributed by atoms with Crippen LogP contribution in [0.4, 0.5) is 0 Å². The molecule has 1 aliphatic rings. The maximum atomic E-state index is 10.8. The van der Waals surface area contributed by atoms with Gasteiger partial charge in [0.2, 0.25) is 0 Å². The van der Waals surface area contributed by atoms with Gasteiger partial charge in [0, 0.05) is 13.2 Å². The van der Waals surface area contributed by atoms with E-state index in [0.717, 1.165) is 25.9 Å². The van der Waals surface area contributed by atoms with Crippen molar-refractivity contribution >= 4 is 5.97 Å². The van der Waals surface area contributed by atoms with Crippen LogP contribution in [-0.2, 0) is 16.0 Å². The molecule has 1 aromatic rings. The molecule has 0 aromatic carbocycles. The van der Waals surface area contributed by atoms with Crippen molar-refractivity contribution in [3.8, 4) is 0 Å². The maximum Gasteiger partial charge on any atom is 0.354 e. The Labute approximate surface area is 99.2 Å². The van der Waals surface area contributed by atoms with E-state index in [4.69, 9.17) is 14.6 Å². The first kappa shape index (κ1) is 12.1. The molecule has 6 nitrogen and oxygen atoms in total. The Morgan fingerprint density at radius 2 is 2.53 bits per heavy atom. The van der Waals surface area contributed by atoms with Gasteiger partial charge in [-0.25, -0.2) is 9.78 Å². The molecular formula is C11H16N2O4. The molecule has 2 heterocycles. The first-order valence-corrected chi connectivity index (χ1v) is 5.74. The number of ether oxygens (including phenoxy) is 2. The van der Waals surface area contributed by atoms with E-state index < -0.39 is 5.97 Å². The number of hydrogen-bond acceptors (Lipinski definition) is 4. The summed E-state index contributed by atoms with van der Waals surface area (Å²) >= 11 is 0. The summed E-state index contributed by atoms with van der Waals surface area (Å²) in [6.07, 6.45) is 5.81. The van der Waals surface area contributed by atoms with E-state index in [1.165, 1.54) is 12.5 Å². The molecule has 94 valence electrons. The minimum Gasteiger partial charge on any atom is -0.477 e. The highest BCUT2D eigenvalue weighted by Gasteiger charge is 2.14. The molecular weight excluding hydrogens is 224 g/mol. The van der Waals surface area contributed by atoms with Crippen molar-refractivity contribution in [1.29, 1.82) is 0 Å². The summed E-state index contributed by atoms with van der Waals surface area (Å²) in [5.41, 5.74) is 0.179. The number of carboxylic acid groups (broad SMARTS) is 1. The summed E-state index contributed by atoms with van der Waals surface area (Å²) in [5.74, 6) is -0.976. The lowest BCUT2D eigenvalue weighted by atomic mass is 10.2. The third kappa shape index (κ3) is 3.28. The van der Waals surface area contributed by atoms with Crippen molar-refractivity contribution in [2.45, 2.75) is 32.1 Å². The van der Waals surface area contributed by atoms with Gasteiger partial charge >= 0.3 is 5.97 Å². The molecule has 0 spiro atoms. The van der Waals surface area contributed by atoms with Crippen molar-refractivity contribution in [2.75, 3.05) is 13.2 Å². The van der Waals surface area contributed by atoms with Gasteiger partial charge in [0.1, 0.15) is 5.69 Å². The molecule has 0 aliphatic carbocycles. The number of rotatable bonds is 5. The molecule has 1 atom stereocenters. The molecule has 1 N–H and O–H groups in total. The van der Waals surface area contributed by atoms with Gasteiger partial charge in [-0.05, 0) is 19.3 Å². The summed E-state index contributed by atoms with van der Waals surface area (Å²) < 4.78 is 12.5. The molecule has 1 aliphatic heterocycles. The fourth-order valence-electron chi connectivity index (χ4n) is 1.80. The van der Waals surface area contributed by atoms with E-state index in [9.17, 15) is 4.79 Å². The highest BCUT2D eigenvalue weighted by atomic mass is 16.7. The van der Waals surface area contributed by atoms with E-state index in [-0.39, 0.29) is 12.0 Å². The zero-order valence-corrected chi connectivity index (χ0v) is 9.54. The van der Waals surface area contributed by atoms with Crippen LogP contribution in [0.5, 0.6) is 0 Å². The molecule has 0 radical (unpaired) electrons. The minimum absolute atomic E-state index is 0.138. The number of carboxylic acids is 1. The lowest BCUT2D eigenvalue weighted by molar-refractivity contribution is -0.163. The van der Waals surface area contributed by atoms with Crippen LogP contribution in [-0.4, -0.2) is 40.1 Å². The molecule has 6 heteroatoms. The predicted octanol–water partition coefficient (Wildman–Crippen LogP) is 1.12. The SMILES string of the molecule is O=C(O)c1cncn1CCOC1CCCCO1. The van der Waals surface area contributed by atoms with Crippen LogP contribution in [0.15, 0.2) is 12.5 Å². The van der Waals surface area contributed by atoms with Crippen LogP contribution < -0.4 is 0 Å². The average Bonchev–Trinajstić information content (AvgIpc) is 2.79. The van der Waals surface area contributed by atoms with Crippen molar-refractivity contribution < 1.29 is 19.4 Å². The number of aromatic carboxylic acids is 1. The summed E-state index contributed by atoms with van der Waals surface area (Å²) in [6, 6.07) is 0. The van der Waals surface area contributed by atoms with Crippen molar-refractivity contribution in [2.24, 2.45) is 0 Å². The van der Waals surface area contributed by atoms with Crippen LogP contribution in [0.1, 0.15) is 29.8 Å². The van der Waals surface area contributed by atoms with E-state index in [0.29, 0.717) is 13.2 Å². The normalized spacial score (nSPS) is 20.4. The van der Waals surface area contributed by atoms with E-state index >= 15 is 0 Å². The monoisotopic (exact) mass is 240 g/mol. The standard InChI is InChI=1S/C11H16N2O4/c14-11(15)9-7-12-8-13(9)4-6-17-10-3-1-2-5-16-10/h7-8,10H,1-6H2,(H,14,15). The molecule has 1 aromatic heterocycles. The van der Waals surface area contributed by atoms with Crippen LogP contribution >= 0.6 is 0 Å². The first-order chi connectivity index (χ1) is 8.27. The molecule has 0 amide bonds. The molecule has 2 rings (SSSR count). The predicted molar refractivity (Wildman–Crippen MR) is 58.7 cm³/mol. The fourth-order valence-corrected chi connectivity index (χ4v) is 1.80. The Balaban J connectivity index is 1.77. The van der Waals surface area contributed by atoms with Crippen molar-refractivity contribution in [3.05, 3.63) is 18.2 Å². The number of nitrogens with zero attached hydrogens (tertiary/aromatic N) is 2. The highest BCUT2D eigenvalue weighted by Crippen LogP contribution is 2.13. The Morgan fingerprint density at radius 1 is 1.65 bits per heavy atom. The summed E-state index contributed by atoms with van der Waals surface area (Å²) in [5, 5.41) is 8.88. The van der Waals surface area contributed by atoms with Gasteiger partial charge in [0.25, 0.3) is 0 Å². The van der Waals surface area contributed by atoms with Crippen LogP contribution in [0, 0.1) is 0 Å². The first-order valence-electron chi connectivity index (χ1n) is 5.74. The van der Waals surface area contributed by atoms with Gasteiger partial charge < -0.3 is 19.1 Å². The summed E-state index contributed by atoms with van der Waals surface area (Å²) in [7, 11) is 0. The van der Waals surface area contributed by atoms with E-state index in [2.05, 4.69) is 4.98 Å². The summed E-state index contributed by atoms with van der Waals surface area (Å²) in [4.78, 5) is 14.6. The van der Waals surface area contributed by atoms with Gasteiger partial charge in [0.15, 0.2) is 6.29 Å². The third-order valence-electron chi connectivity index (χ3n) is 2.71. The van der Waals surface area contributed by atoms with Crippen LogP contribution in [0.3, 0.4) is 0 Å². The molecule has 1 fully saturated rings. The second-order valence-electron chi connectivity index (χ2n) is 3.94. The Morgan fingerprint density at radius 3 is 3.24 bits per heavy atom. The van der Waals surface area contributed by atoms with Gasteiger partial charge in [-0.2, -0.15) is 0 Å². The molecule has 1 unspecified atom stereocenters. The van der Waals surface area contributed by atoms with Gasteiger partial charge in [-0.1, -0.05) is 0 Å². The number of aromatic nitrogens is 2. The number of carbonyl (C=O) groups is 1. The zero-order valence-electron chi connectivity index (χ0n) is 9.54. The van der Waals surface area contributed by atoms with Gasteiger partial charge in [-0.15, -0.1) is 0 Å². The topological polar surface area (TPSA) is 73.6 Å². The largest absolute Gasteiger partial charge is 0.477 e. The average molecular weight is 240 g/mol. The number of imidazole rings is 1. The Hall–Kier alpha value is -1.40. The molecule has 0 saturated carbocycles. The van der Waals surface area contributed by atoms with E-state index in [1.54, 1.807) is 4.57 Å². The highest BCUT2D eigenvalue weighted by molar-refractivity contribution is 5.85. The number of hydrogen-bond donors (Lipinski definition) is 1. The van der Waals surface area contributed by atoms with Crippen molar-refractivity contribution in [1.82, 2.24) is 9.55 Å². The van der Waals surface area contributed by atoms with Crippen LogP contribution in [0.2, 0.25) is 0 Å². The molecule has 17 heavy (non-hydrogen) atoms. The van der Waals surface area contributed by atoms with Gasteiger partial charge in [0.05, 0.1) is 19.1 Å². The second kappa shape index (κ2) is 5.79. The quantitative estimate of drug-likeness (QED) is 0.835. The van der Waals surface area contributed by atoms with Crippen molar-refractivity contribution in [3.63, 3.8) is 0 Å². The zero-order chi connectivity index (χ0) is 12.1. The maximum absolute atomic E-state index is 10.8. The van der Waals surface area contributed by atoms with E-state index in [1.807, 2.05) is 0 Å². The lowest BCUT2D eigenvalue weighted by Gasteiger charge is -2.22. The fraction of sp³-hybridized carbons (Fsp3) is 0.636. The second-order valence-corrected chi connectivity index (χ2v) is 3.94. The van der Waals surface area contributed by atoms with Crippen LogP contribution in [0.25, 0.3) is 0 Å². The molecule has 1 saturated heterocycles. The summed E-state index contributed by atoms with van der Waals surface area (Å²) in [6.45, 7) is 1.65. The third-order valence-corrected chi connectivity index (χ3v) is 2.71. The Bertz CT molecular complexity index is 371. The molecule has 0 bridgehead atoms.